The molecule has 1 amide bonds. The van der Waals surface area contributed by atoms with Crippen LogP contribution in [0.15, 0.2) is 51.6 Å². The van der Waals surface area contributed by atoms with Gasteiger partial charge in [-0.3, -0.25) is 4.79 Å². The van der Waals surface area contributed by atoms with Gasteiger partial charge in [0.2, 0.25) is 5.91 Å². The summed E-state index contributed by atoms with van der Waals surface area (Å²) in [5, 5.41) is 16.8. The normalized spacial score (nSPS) is 12.1. The summed E-state index contributed by atoms with van der Waals surface area (Å²) in [5.41, 5.74) is 3.16. The van der Waals surface area contributed by atoms with E-state index in [0.717, 1.165) is 22.5 Å². The third-order valence-corrected chi connectivity index (χ3v) is 4.11. The van der Waals surface area contributed by atoms with Crippen LogP contribution in [0, 0.1) is 13.8 Å². The first-order valence-corrected chi connectivity index (χ1v) is 8.05. The van der Waals surface area contributed by atoms with Crippen molar-refractivity contribution >= 4 is 5.91 Å². The van der Waals surface area contributed by atoms with Gasteiger partial charge in [0.05, 0.1) is 24.5 Å². The highest BCUT2D eigenvalue weighted by Gasteiger charge is 2.15. The molecule has 25 heavy (non-hydrogen) atoms. The molecule has 2 aromatic heterocycles. The van der Waals surface area contributed by atoms with Crippen LogP contribution in [-0.2, 0) is 11.2 Å². The number of aliphatic hydroxyl groups is 1. The second-order valence-corrected chi connectivity index (χ2v) is 5.90. The van der Waals surface area contributed by atoms with Crippen molar-refractivity contribution in [1.82, 2.24) is 10.5 Å². The molecule has 0 fully saturated rings. The summed E-state index contributed by atoms with van der Waals surface area (Å²) in [6.07, 6.45) is 1.03. The minimum absolute atomic E-state index is 0.141. The van der Waals surface area contributed by atoms with Crippen molar-refractivity contribution in [3.8, 4) is 11.3 Å². The number of carbonyl (C=O) groups is 1. The Labute approximate surface area is 145 Å². The molecule has 0 aliphatic carbocycles. The topological polar surface area (TPSA) is 88.5 Å². The van der Waals surface area contributed by atoms with Gasteiger partial charge in [-0.15, -0.1) is 0 Å². The molecule has 2 heterocycles. The number of carbonyl (C=O) groups excluding carboxylic acids is 1. The smallest absolute Gasteiger partial charge is 0.224 e. The largest absolute Gasteiger partial charge is 0.464 e. The number of nitrogens with one attached hydrogen (secondary N) is 1. The van der Waals surface area contributed by atoms with E-state index in [1.807, 2.05) is 36.4 Å². The van der Waals surface area contributed by atoms with Gasteiger partial charge in [0.15, 0.2) is 0 Å². The van der Waals surface area contributed by atoms with E-state index in [4.69, 9.17) is 8.94 Å². The van der Waals surface area contributed by atoms with Gasteiger partial charge in [0.25, 0.3) is 0 Å². The van der Waals surface area contributed by atoms with E-state index in [-0.39, 0.29) is 18.9 Å². The van der Waals surface area contributed by atoms with Crippen molar-refractivity contribution in [2.24, 2.45) is 0 Å². The maximum Gasteiger partial charge on any atom is 0.224 e. The van der Waals surface area contributed by atoms with E-state index in [0.29, 0.717) is 11.5 Å². The molecule has 130 valence electrons. The summed E-state index contributed by atoms with van der Waals surface area (Å²) in [4.78, 5) is 12.1. The van der Waals surface area contributed by atoms with Crippen LogP contribution < -0.4 is 5.32 Å². The summed E-state index contributed by atoms with van der Waals surface area (Å²) in [5.74, 6) is 1.23. The van der Waals surface area contributed by atoms with Crippen molar-refractivity contribution in [2.75, 3.05) is 6.54 Å². The predicted octanol–water partition coefficient (Wildman–Crippen LogP) is 2.94. The zero-order valence-electron chi connectivity index (χ0n) is 14.2. The number of benzene rings is 1. The number of rotatable bonds is 6. The second-order valence-electron chi connectivity index (χ2n) is 5.90. The fourth-order valence-electron chi connectivity index (χ4n) is 2.62. The highest BCUT2D eigenvalue weighted by molar-refractivity contribution is 5.79. The molecule has 1 atom stereocenters. The standard InChI is InChI=1S/C19H20N2O4/c1-12-16(13(2)25-21-12)10-19(23)20-11-17(22)14-5-7-15(8-6-14)18-4-3-9-24-18/h3-9,17,22H,10-11H2,1-2H3,(H,20,23). The number of hydrogen-bond donors (Lipinski definition) is 2. The highest BCUT2D eigenvalue weighted by Crippen LogP contribution is 2.22. The number of hydrogen-bond acceptors (Lipinski definition) is 5. The lowest BCUT2D eigenvalue weighted by atomic mass is 10.1. The number of aryl methyl sites for hydroxylation is 2. The molecule has 6 heteroatoms. The first kappa shape index (κ1) is 17.0. The summed E-state index contributed by atoms with van der Waals surface area (Å²) < 4.78 is 10.4. The number of amides is 1. The maximum absolute atomic E-state index is 12.1. The average Bonchev–Trinajstić information content (AvgIpc) is 3.26. The minimum Gasteiger partial charge on any atom is -0.464 e. The highest BCUT2D eigenvalue weighted by atomic mass is 16.5. The lowest BCUT2D eigenvalue weighted by Gasteiger charge is -2.12. The van der Waals surface area contributed by atoms with Gasteiger partial charge in [0.1, 0.15) is 11.5 Å². The molecule has 0 spiro atoms. The Kier molecular flexibility index (Phi) is 5.00. The van der Waals surface area contributed by atoms with Gasteiger partial charge in [0, 0.05) is 17.7 Å². The van der Waals surface area contributed by atoms with Gasteiger partial charge >= 0.3 is 0 Å². The molecule has 2 N–H and O–H groups in total. The fraction of sp³-hybridized carbons (Fsp3) is 0.263. The van der Waals surface area contributed by atoms with Crippen LogP contribution in [0.3, 0.4) is 0 Å². The predicted molar refractivity (Wildman–Crippen MR) is 91.8 cm³/mol. The molecule has 3 rings (SSSR count). The van der Waals surface area contributed by atoms with Crippen molar-refractivity contribution < 1.29 is 18.8 Å². The average molecular weight is 340 g/mol. The third kappa shape index (κ3) is 3.97. The van der Waals surface area contributed by atoms with E-state index < -0.39 is 6.10 Å². The van der Waals surface area contributed by atoms with Crippen molar-refractivity contribution in [3.05, 3.63) is 65.2 Å². The number of nitrogens with zero attached hydrogens (tertiary/aromatic N) is 1. The molecular weight excluding hydrogens is 320 g/mol. The van der Waals surface area contributed by atoms with E-state index >= 15 is 0 Å². The fourth-order valence-corrected chi connectivity index (χ4v) is 2.62. The molecule has 0 saturated heterocycles. The Morgan fingerprint density at radius 3 is 2.60 bits per heavy atom. The molecule has 0 radical (unpaired) electrons. The monoisotopic (exact) mass is 340 g/mol. The van der Waals surface area contributed by atoms with Crippen LogP contribution in [-0.4, -0.2) is 22.7 Å². The van der Waals surface area contributed by atoms with Crippen molar-refractivity contribution in [3.63, 3.8) is 0 Å². The quantitative estimate of drug-likeness (QED) is 0.720. The molecule has 0 bridgehead atoms. The number of furan rings is 1. The van der Waals surface area contributed by atoms with Crippen LogP contribution in [0.5, 0.6) is 0 Å². The Hall–Kier alpha value is -2.86. The van der Waals surface area contributed by atoms with Crippen LogP contribution in [0.4, 0.5) is 0 Å². The number of aromatic nitrogens is 1. The lowest BCUT2D eigenvalue weighted by molar-refractivity contribution is -0.120. The van der Waals surface area contributed by atoms with E-state index in [9.17, 15) is 9.90 Å². The molecule has 3 aromatic rings. The van der Waals surface area contributed by atoms with E-state index in [2.05, 4.69) is 10.5 Å². The molecule has 1 aromatic carbocycles. The molecular formula is C19H20N2O4. The van der Waals surface area contributed by atoms with Gasteiger partial charge in [-0.2, -0.15) is 0 Å². The zero-order valence-corrected chi connectivity index (χ0v) is 14.2. The molecule has 6 nitrogen and oxygen atoms in total. The molecule has 0 aliphatic rings. The van der Waals surface area contributed by atoms with E-state index in [1.54, 1.807) is 20.1 Å². The zero-order chi connectivity index (χ0) is 17.8. The van der Waals surface area contributed by atoms with Crippen LogP contribution in [0.2, 0.25) is 0 Å². The van der Waals surface area contributed by atoms with Crippen LogP contribution >= 0.6 is 0 Å². The van der Waals surface area contributed by atoms with Gasteiger partial charge in [-0.25, -0.2) is 0 Å². The van der Waals surface area contributed by atoms with Gasteiger partial charge in [-0.05, 0) is 31.5 Å². The minimum atomic E-state index is -0.778. The molecule has 0 aliphatic heterocycles. The first-order chi connectivity index (χ1) is 12.0. The van der Waals surface area contributed by atoms with Gasteiger partial charge in [-0.1, -0.05) is 29.4 Å². The van der Waals surface area contributed by atoms with Crippen molar-refractivity contribution in [2.45, 2.75) is 26.4 Å². The van der Waals surface area contributed by atoms with Gasteiger partial charge < -0.3 is 19.4 Å². The lowest BCUT2D eigenvalue weighted by Crippen LogP contribution is -2.29. The Balaban J connectivity index is 1.55. The SMILES string of the molecule is Cc1noc(C)c1CC(=O)NCC(O)c1ccc(-c2ccco2)cc1. The summed E-state index contributed by atoms with van der Waals surface area (Å²) in [6, 6.07) is 11.1. The maximum atomic E-state index is 12.1. The number of aliphatic hydroxyl groups excluding tert-OH is 1. The van der Waals surface area contributed by atoms with E-state index in [1.165, 1.54) is 0 Å². The first-order valence-electron chi connectivity index (χ1n) is 8.05. The van der Waals surface area contributed by atoms with Crippen LogP contribution in [0.1, 0.15) is 28.7 Å². The summed E-state index contributed by atoms with van der Waals surface area (Å²) >= 11 is 0. The van der Waals surface area contributed by atoms with Crippen molar-refractivity contribution in [1.29, 1.82) is 0 Å². The Morgan fingerprint density at radius 1 is 1.24 bits per heavy atom. The third-order valence-electron chi connectivity index (χ3n) is 4.11. The molecule has 0 saturated carbocycles. The Morgan fingerprint density at radius 2 is 2.00 bits per heavy atom. The van der Waals surface area contributed by atoms with Crippen LogP contribution in [0.25, 0.3) is 11.3 Å². The summed E-state index contributed by atoms with van der Waals surface area (Å²) in [6.45, 7) is 3.72. The Bertz CT molecular complexity index is 815. The second kappa shape index (κ2) is 7.36. The summed E-state index contributed by atoms with van der Waals surface area (Å²) in [7, 11) is 0. The molecule has 1 unspecified atom stereocenters.